The molecule has 0 amide bonds. The predicted molar refractivity (Wildman–Crippen MR) is 50.1 cm³/mol. The summed E-state index contributed by atoms with van der Waals surface area (Å²) >= 11 is 0. The lowest BCUT2D eigenvalue weighted by Gasteiger charge is -2.16. The fraction of sp³-hybridized carbons (Fsp3) is 0.300. The van der Waals surface area contributed by atoms with Gasteiger partial charge in [0.2, 0.25) is 0 Å². The van der Waals surface area contributed by atoms with Crippen LogP contribution in [0.4, 0.5) is 8.78 Å². The molecule has 0 fully saturated rings. The van der Waals surface area contributed by atoms with Crippen LogP contribution in [0.1, 0.15) is 22.2 Å². The van der Waals surface area contributed by atoms with Gasteiger partial charge in [-0.15, -0.1) is 0 Å². The first kappa shape index (κ1) is 12.5. The molecule has 0 spiro atoms. The predicted octanol–water partition coefficient (Wildman–Crippen LogP) is 1.95. The van der Waals surface area contributed by atoms with Crippen LogP contribution in [0.2, 0.25) is 0 Å². The van der Waals surface area contributed by atoms with Crippen LogP contribution in [0.25, 0.3) is 0 Å². The number of hydrogen-bond acceptors (Lipinski definition) is 3. The average Bonchev–Trinajstić information content (AvgIpc) is 2.23. The van der Waals surface area contributed by atoms with Crippen LogP contribution in [0.5, 0.6) is 0 Å². The topological polar surface area (TPSA) is 55.8 Å². The molecule has 0 saturated carbocycles. The zero-order valence-electron chi connectivity index (χ0n) is 8.66. The zero-order valence-corrected chi connectivity index (χ0v) is 8.66. The van der Waals surface area contributed by atoms with Gasteiger partial charge in [0.05, 0.1) is 11.1 Å². The molecular formula is C10H10F2O4. The van der Waals surface area contributed by atoms with Crippen molar-refractivity contribution in [1.82, 2.24) is 0 Å². The number of carboxylic acid groups (broad SMARTS) is 1. The summed E-state index contributed by atoms with van der Waals surface area (Å²) in [5, 5.41) is 8.66. The number of hydrogen-bond donors (Lipinski definition) is 1. The molecule has 0 atom stereocenters. The second kappa shape index (κ2) is 5.00. The van der Waals surface area contributed by atoms with E-state index in [0.717, 1.165) is 12.1 Å². The molecule has 0 saturated heterocycles. The van der Waals surface area contributed by atoms with E-state index in [0.29, 0.717) is 0 Å². The molecule has 16 heavy (non-hydrogen) atoms. The molecule has 1 aromatic carbocycles. The van der Waals surface area contributed by atoms with Crippen molar-refractivity contribution in [1.29, 1.82) is 0 Å². The second-order valence-corrected chi connectivity index (χ2v) is 2.93. The first-order valence-corrected chi connectivity index (χ1v) is 4.29. The van der Waals surface area contributed by atoms with E-state index in [2.05, 4.69) is 9.47 Å². The van der Waals surface area contributed by atoms with Gasteiger partial charge in [0.15, 0.2) is 6.29 Å². The molecule has 0 aliphatic rings. The third-order valence-electron chi connectivity index (χ3n) is 2.02. The normalized spacial score (nSPS) is 10.8. The lowest BCUT2D eigenvalue weighted by atomic mass is 10.1. The monoisotopic (exact) mass is 232 g/mol. The van der Waals surface area contributed by atoms with E-state index in [9.17, 15) is 13.6 Å². The van der Waals surface area contributed by atoms with Crippen LogP contribution in [0, 0.1) is 11.6 Å². The Labute approximate surface area is 90.4 Å². The molecule has 1 N–H and O–H groups in total. The summed E-state index contributed by atoms with van der Waals surface area (Å²) in [5.41, 5.74) is -1.18. The van der Waals surface area contributed by atoms with Crippen LogP contribution < -0.4 is 0 Å². The molecule has 88 valence electrons. The molecular weight excluding hydrogens is 222 g/mol. The number of benzene rings is 1. The molecule has 4 nitrogen and oxygen atoms in total. The molecule has 0 aliphatic heterocycles. The summed E-state index contributed by atoms with van der Waals surface area (Å²) in [4.78, 5) is 10.6. The molecule has 0 heterocycles. The summed E-state index contributed by atoms with van der Waals surface area (Å²) < 4.78 is 36.3. The van der Waals surface area contributed by atoms with Crippen molar-refractivity contribution in [2.24, 2.45) is 0 Å². The van der Waals surface area contributed by atoms with Gasteiger partial charge in [0, 0.05) is 14.2 Å². The summed E-state index contributed by atoms with van der Waals surface area (Å²) in [6.07, 6.45) is -1.28. The summed E-state index contributed by atoms with van der Waals surface area (Å²) in [6, 6.07) is 1.70. The Morgan fingerprint density at radius 1 is 1.31 bits per heavy atom. The number of aromatic carboxylic acids is 1. The Kier molecular flexibility index (Phi) is 3.92. The third-order valence-corrected chi connectivity index (χ3v) is 2.02. The quantitative estimate of drug-likeness (QED) is 0.806. The minimum Gasteiger partial charge on any atom is -0.478 e. The van der Waals surface area contributed by atoms with E-state index in [-0.39, 0.29) is 0 Å². The highest BCUT2D eigenvalue weighted by Crippen LogP contribution is 2.26. The summed E-state index contributed by atoms with van der Waals surface area (Å²) in [5.74, 6) is -3.60. The van der Waals surface area contributed by atoms with Crippen molar-refractivity contribution >= 4 is 5.97 Å². The first-order valence-electron chi connectivity index (χ1n) is 4.29. The lowest BCUT2D eigenvalue weighted by Crippen LogP contribution is -2.12. The van der Waals surface area contributed by atoms with E-state index in [1.165, 1.54) is 14.2 Å². The molecule has 1 aromatic rings. The van der Waals surface area contributed by atoms with Crippen molar-refractivity contribution in [3.05, 3.63) is 34.9 Å². The minimum atomic E-state index is -1.48. The Morgan fingerprint density at radius 2 is 1.88 bits per heavy atom. The maximum atomic E-state index is 13.6. The molecule has 6 heteroatoms. The number of ether oxygens (including phenoxy) is 2. The van der Waals surface area contributed by atoms with Gasteiger partial charge in [-0.2, -0.15) is 0 Å². The SMILES string of the molecule is COC(OC)c1c(F)ccc(C(=O)O)c1F. The molecule has 0 aromatic heterocycles. The van der Waals surface area contributed by atoms with Gasteiger partial charge in [0.25, 0.3) is 0 Å². The van der Waals surface area contributed by atoms with Crippen LogP contribution in [-0.2, 0) is 9.47 Å². The number of methoxy groups -OCH3 is 2. The standard InChI is InChI=1S/C10H10F2O4/c1-15-10(16-2)7-6(11)4-3-5(8(7)12)9(13)14/h3-4,10H,1-2H3,(H,13,14). The molecule has 0 radical (unpaired) electrons. The Morgan fingerprint density at radius 3 is 2.31 bits per heavy atom. The van der Waals surface area contributed by atoms with Crippen LogP contribution in [0.3, 0.4) is 0 Å². The van der Waals surface area contributed by atoms with Crippen molar-refractivity contribution < 1.29 is 28.2 Å². The van der Waals surface area contributed by atoms with Gasteiger partial charge in [-0.3, -0.25) is 0 Å². The van der Waals surface area contributed by atoms with Crippen molar-refractivity contribution in [2.75, 3.05) is 14.2 Å². The van der Waals surface area contributed by atoms with Crippen LogP contribution in [0.15, 0.2) is 12.1 Å². The Bertz CT molecular complexity index is 402. The van der Waals surface area contributed by atoms with Crippen molar-refractivity contribution in [3.8, 4) is 0 Å². The van der Waals surface area contributed by atoms with Crippen molar-refractivity contribution in [3.63, 3.8) is 0 Å². The molecule has 1 rings (SSSR count). The second-order valence-electron chi connectivity index (χ2n) is 2.93. The van der Waals surface area contributed by atoms with Crippen LogP contribution in [-0.4, -0.2) is 25.3 Å². The fourth-order valence-corrected chi connectivity index (χ4v) is 1.28. The Balaban J connectivity index is 3.36. The van der Waals surface area contributed by atoms with Gasteiger partial charge >= 0.3 is 5.97 Å². The fourth-order valence-electron chi connectivity index (χ4n) is 1.28. The Hall–Kier alpha value is -1.53. The molecule has 0 unspecified atom stereocenters. The van der Waals surface area contributed by atoms with E-state index >= 15 is 0 Å². The first-order chi connectivity index (χ1) is 7.52. The largest absolute Gasteiger partial charge is 0.478 e. The van der Waals surface area contributed by atoms with Crippen LogP contribution >= 0.6 is 0 Å². The number of rotatable bonds is 4. The van der Waals surface area contributed by atoms with Crippen molar-refractivity contribution in [2.45, 2.75) is 6.29 Å². The highest BCUT2D eigenvalue weighted by molar-refractivity contribution is 5.88. The van der Waals surface area contributed by atoms with E-state index < -0.39 is 35.0 Å². The highest BCUT2D eigenvalue weighted by atomic mass is 19.1. The number of carboxylic acids is 1. The average molecular weight is 232 g/mol. The van der Waals surface area contributed by atoms with Gasteiger partial charge in [-0.25, -0.2) is 13.6 Å². The lowest BCUT2D eigenvalue weighted by molar-refractivity contribution is -0.109. The number of carbonyl (C=O) groups is 1. The summed E-state index contributed by atoms with van der Waals surface area (Å²) in [6.45, 7) is 0. The maximum Gasteiger partial charge on any atom is 0.338 e. The smallest absolute Gasteiger partial charge is 0.338 e. The van der Waals surface area contributed by atoms with E-state index in [4.69, 9.17) is 5.11 Å². The van der Waals surface area contributed by atoms with Gasteiger partial charge < -0.3 is 14.6 Å². The van der Waals surface area contributed by atoms with Gasteiger partial charge in [0.1, 0.15) is 11.6 Å². The number of halogens is 2. The van der Waals surface area contributed by atoms with E-state index in [1.807, 2.05) is 0 Å². The molecule has 0 bridgehead atoms. The minimum absolute atomic E-state index is 0.551. The summed E-state index contributed by atoms with van der Waals surface area (Å²) in [7, 11) is 2.39. The molecule has 0 aliphatic carbocycles. The third kappa shape index (κ3) is 2.17. The zero-order chi connectivity index (χ0) is 12.3. The highest BCUT2D eigenvalue weighted by Gasteiger charge is 2.24. The van der Waals surface area contributed by atoms with Gasteiger partial charge in [-0.05, 0) is 12.1 Å². The van der Waals surface area contributed by atoms with E-state index in [1.54, 1.807) is 0 Å². The van der Waals surface area contributed by atoms with Gasteiger partial charge in [-0.1, -0.05) is 0 Å². The maximum absolute atomic E-state index is 13.6.